The zero-order valence-electron chi connectivity index (χ0n) is 11.5. The van der Waals surface area contributed by atoms with E-state index in [1.165, 1.54) is 6.07 Å². The number of hydrogen-bond donors (Lipinski definition) is 1. The number of phenolic OH excluding ortho intramolecular Hbond substituents is 1. The number of piperazine rings is 1. The standard InChI is InChI=1S/C14H19FN2O2/c1-14(2)9-17(7-6-16(14)3)13(19)11-8-10(15)4-5-12(11)18/h4-5,8,18H,6-7,9H2,1-3H3. The first-order valence-electron chi connectivity index (χ1n) is 6.30. The lowest BCUT2D eigenvalue weighted by Gasteiger charge is -2.45. The van der Waals surface area contributed by atoms with Crippen molar-refractivity contribution in [2.45, 2.75) is 19.4 Å². The summed E-state index contributed by atoms with van der Waals surface area (Å²) in [4.78, 5) is 16.2. The minimum absolute atomic E-state index is 0.0281. The molecule has 0 aliphatic carbocycles. The van der Waals surface area contributed by atoms with Gasteiger partial charge in [-0.15, -0.1) is 0 Å². The van der Waals surface area contributed by atoms with Crippen molar-refractivity contribution < 1.29 is 14.3 Å². The van der Waals surface area contributed by atoms with Gasteiger partial charge in [-0.05, 0) is 39.1 Å². The Morgan fingerprint density at radius 3 is 2.68 bits per heavy atom. The predicted octanol–water partition coefficient (Wildman–Crippen LogP) is 1.70. The molecule has 1 amide bonds. The van der Waals surface area contributed by atoms with E-state index in [9.17, 15) is 14.3 Å². The van der Waals surface area contributed by atoms with Crippen LogP contribution in [0, 0.1) is 5.82 Å². The second-order valence-electron chi connectivity index (χ2n) is 5.62. The fraction of sp³-hybridized carbons (Fsp3) is 0.500. The maximum Gasteiger partial charge on any atom is 0.257 e. The van der Waals surface area contributed by atoms with Gasteiger partial charge in [0.15, 0.2) is 0 Å². The molecule has 2 rings (SSSR count). The SMILES string of the molecule is CN1CCN(C(=O)c2cc(F)ccc2O)CC1(C)C. The van der Waals surface area contributed by atoms with Crippen LogP contribution in [0.4, 0.5) is 4.39 Å². The van der Waals surface area contributed by atoms with Gasteiger partial charge in [0.1, 0.15) is 11.6 Å². The Morgan fingerprint density at radius 1 is 1.37 bits per heavy atom. The van der Waals surface area contributed by atoms with Gasteiger partial charge in [0, 0.05) is 25.2 Å². The number of benzene rings is 1. The van der Waals surface area contributed by atoms with Gasteiger partial charge in [-0.3, -0.25) is 9.69 Å². The zero-order chi connectivity index (χ0) is 14.2. The van der Waals surface area contributed by atoms with E-state index in [4.69, 9.17) is 0 Å². The molecule has 104 valence electrons. The Hall–Kier alpha value is -1.62. The Labute approximate surface area is 112 Å². The van der Waals surface area contributed by atoms with Crippen LogP contribution in [0.3, 0.4) is 0 Å². The van der Waals surface area contributed by atoms with E-state index < -0.39 is 5.82 Å². The molecule has 1 aliphatic rings. The van der Waals surface area contributed by atoms with E-state index in [1.54, 1.807) is 4.90 Å². The number of phenols is 1. The number of halogens is 1. The van der Waals surface area contributed by atoms with Gasteiger partial charge in [-0.2, -0.15) is 0 Å². The highest BCUT2D eigenvalue weighted by Crippen LogP contribution is 2.24. The predicted molar refractivity (Wildman–Crippen MR) is 70.7 cm³/mol. The van der Waals surface area contributed by atoms with Crippen LogP contribution in [-0.2, 0) is 0 Å². The number of aromatic hydroxyl groups is 1. The molecule has 0 radical (unpaired) electrons. The van der Waals surface area contributed by atoms with Crippen LogP contribution >= 0.6 is 0 Å². The third-order valence-electron chi connectivity index (χ3n) is 3.79. The molecule has 1 heterocycles. The summed E-state index contributed by atoms with van der Waals surface area (Å²) in [5.41, 5.74) is -0.100. The molecule has 1 N–H and O–H groups in total. The molecule has 0 spiro atoms. The number of amides is 1. The van der Waals surface area contributed by atoms with Crippen molar-refractivity contribution in [3.05, 3.63) is 29.6 Å². The van der Waals surface area contributed by atoms with Crippen molar-refractivity contribution in [2.75, 3.05) is 26.7 Å². The minimum Gasteiger partial charge on any atom is -0.507 e. The number of likely N-dealkylation sites (N-methyl/N-ethyl adjacent to an activating group) is 1. The van der Waals surface area contributed by atoms with Crippen molar-refractivity contribution in [1.82, 2.24) is 9.80 Å². The zero-order valence-corrected chi connectivity index (χ0v) is 11.5. The smallest absolute Gasteiger partial charge is 0.257 e. The normalized spacial score (nSPS) is 19.5. The monoisotopic (exact) mass is 266 g/mol. The summed E-state index contributed by atoms with van der Waals surface area (Å²) >= 11 is 0. The number of carbonyl (C=O) groups excluding carboxylic acids is 1. The molecule has 1 saturated heterocycles. The first-order valence-corrected chi connectivity index (χ1v) is 6.30. The molecule has 0 atom stereocenters. The maximum atomic E-state index is 13.2. The molecule has 1 aromatic carbocycles. The number of carbonyl (C=O) groups is 1. The lowest BCUT2D eigenvalue weighted by Crippen LogP contribution is -2.58. The highest BCUT2D eigenvalue weighted by Gasteiger charge is 2.34. The van der Waals surface area contributed by atoms with Gasteiger partial charge < -0.3 is 10.0 Å². The van der Waals surface area contributed by atoms with Crippen molar-refractivity contribution in [1.29, 1.82) is 0 Å². The molecular formula is C14H19FN2O2. The van der Waals surface area contributed by atoms with Crippen molar-refractivity contribution in [2.24, 2.45) is 0 Å². The fourth-order valence-corrected chi connectivity index (χ4v) is 2.26. The van der Waals surface area contributed by atoms with Gasteiger partial charge in [0.2, 0.25) is 0 Å². The third kappa shape index (κ3) is 2.71. The fourth-order valence-electron chi connectivity index (χ4n) is 2.26. The lowest BCUT2D eigenvalue weighted by atomic mass is 9.99. The minimum atomic E-state index is -0.519. The summed E-state index contributed by atoms with van der Waals surface area (Å²) in [6.07, 6.45) is 0. The average molecular weight is 266 g/mol. The molecule has 0 saturated carbocycles. The molecule has 1 aliphatic heterocycles. The van der Waals surface area contributed by atoms with Crippen molar-refractivity contribution in [3.63, 3.8) is 0 Å². The third-order valence-corrected chi connectivity index (χ3v) is 3.79. The summed E-state index contributed by atoms with van der Waals surface area (Å²) in [6.45, 7) is 6.00. The quantitative estimate of drug-likeness (QED) is 0.841. The van der Waals surface area contributed by atoms with Gasteiger partial charge in [0.05, 0.1) is 5.56 Å². The first kappa shape index (κ1) is 13.8. The molecule has 5 heteroatoms. The molecule has 1 aromatic rings. The largest absolute Gasteiger partial charge is 0.507 e. The molecule has 0 aromatic heterocycles. The van der Waals surface area contributed by atoms with Gasteiger partial charge in [0.25, 0.3) is 5.91 Å². The molecule has 4 nitrogen and oxygen atoms in total. The van der Waals surface area contributed by atoms with Crippen molar-refractivity contribution in [3.8, 4) is 5.75 Å². The van der Waals surface area contributed by atoms with Gasteiger partial charge in [-0.25, -0.2) is 4.39 Å². The Kier molecular flexibility index (Phi) is 3.49. The van der Waals surface area contributed by atoms with E-state index in [-0.39, 0.29) is 22.8 Å². The lowest BCUT2D eigenvalue weighted by molar-refractivity contribution is 0.0309. The van der Waals surface area contributed by atoms with Crippen LogP contribution in [0.25, 0.3) is 0 Å². The number of hydrogen-bond acceptors (Lipinski definition) is 3. The van der Waals surface area contributed by atoms with E-state index in [1.807, 2.05) is 7.05 Å². The second-order valence-corrected chi connectivity index (χ2v) is 5.62. The summed E-state index contributed by atoms with van der Waals surface area (Å²) < 4.78 is 13.2. The topological polar surface area (TPSA) is 43.8 Å². The van der Waals surface area contributed by atoms with Crippen LogP contribution in [-0.4, -0.2) is 53.0 Å². The van der Waals surface area contributed by atoms with E-state index >= 15 is 0 Å². The van der Waals surface area contributed by atoms with E-state index in [2.05, 4.69) is 18.7 Å². The second kappa shape index (κ2) is 4.81. The maximum absolute atomic E-state index is 13.2. The van der Waals surface area contributed by atoms with Crippen molar-refractivity contribution >= 4 is 5.91 Å². The average Bonchev–Trinajstić information content (AvgIpc) is 2.35. The van der Waals surface area contributed by atoms with Crippen LogP contribution in [0.5, 0.6) is 5.75 Å². The molecular weight excluding hydrogens is 247 g/mol. The first-order chi connectivity index (χ1) is 8.81. The summed E-state index contributed by atoms with van der Waals surface area (Å²) in [6, 6.07) is 3.44. The van der Waals surface area contributed by atoms with Crippen LogP contribution in [0.15, 0.2) is 18.2 Å². The molecule has 0 unspecified atom stereocenters. The van der Waals surface area contributed by atoms with Crippen LogP contribution < -0.4 is 0 Å². The highest BCUT2D eigenvalue weighted by atomic mass is 19.1. The Morgan fingerprint density at radius 2 is 2.05 bits per heavy atom. The molecule has 19 heavy (non-hydrogen) atoms. The molecule has 0 bridgehead atoms. The summed E-state index contributed by atoms with van der Waals surface area (Å²) in [5, 5.41) is 9.69. The molecule has 1 fully saturated rings. The Bertz CT molecular complexity index is 502. The van der Waals surface area contributed by atoms with E-state index in [0.717, 1.165) is 18.7 Å². The number of rotatable bonds is 1. The highest BCUT2D eigenvalue weighted by molar-refractivity contribution is 5.97. The van der Waals surface area contributed by atoms with Crippen LogP contribution in [0.2, 0.25) is 0 Å². The Balaban J connectivity index is 2.23. The van der Waals surface area contributed by atoms with Crippen LogP contribution in [0.1, 0.15) is 24.2 Å². The summed E-state index contributed by atoms with van der Waals surface area (Å²) in [5.74, 6) is -1.02. The van der Waals surface area contributed by atoms with Gasteiger partial charge >= 0.3 is 0 Å². The van der Waals surface area contributed by atoms with E-state index in [0.29, 0.717) is 13.1 Å². The number of nitrogens with zero attached hydrogens (tertiary/aromatic N) is 2. The summed E-state index contributed by atoms with van der Waals surface area (Å²) in [7, 11) is 2.02. The van der Waals surface area contributed by atoms with Gasteiger partial charge in [-0.1, -0.05) is 0 Å².